The molecule has 1 N–H and O–H groups in total. The summed E-state index contributed by atoms with van der Waals surface area (Å²) in [5.41, 5.74) is 0.897. The second-order valence-electron chi connectivity index (χ2n) is 6.31. The van der Waals surface area contributed by atoms with Gasteiger partial charge in [-0.2, -0.15) is 5.26 Å². The highest BCUT2D eigenvalue weighted by Crippen LogP contribution is 2.31. The molecule has 1 aliphatic carbocycles. The molecule has 0 heterocycles. The first kappa shape index (κ1) is 14.8. The molecule has 3 heteroatoms. The number of nitrogens with zero attached hydrogens (tertiary/aromatic N) is 1. The molecule has 0 radical (unpaired) electrons. The molecular weight excluding hydrogens is 251 g/mol. The Bertz CT molecular complexity index is 490. The molecule has 108 valence electrons. The van der Waals surface area contributed by atoms with E-state index >= 15 is 0 Å². The fourth-order valence-electron chi connectivity index (χ4n) is 3.22. The van der Waals surface area contributed by atoms with Gasteiger partial charge in [-0.05, 0) is 49.3 Å². The Morgan fingerprint density at radius 1 is 1.40 bits per heavy atom. The highest BCUT2D eigenvalue weighted by atomic mass is 19.1. The topological polar surface area (TPSA) is 35.8 Å². The molecule has 1 aromatic carbocycles. The van der Waals surface area contributed by atoms with Crippen LogP contribution >= 0.6 is 0 Å². The van der Waals surface area contributed by atoms with Gasteiger partial charge < -0.3 is 5.32 Å². The quantitative estimate of drug-likeness (QED) is 0.862. The summed E-state index contributed by atoms with van der Waals surface area (Å²) in [5, 5.41) is 12.1. The number of nitrogens with one attached hydrogen (secondary N) is 1. The monoisotopic (exact) mass is 274 g/mol. The van der Waals surface area contributed by atoms with Crippen LogP contribution in [0.1, 0.15) is 51.5 Å². The molecule has 1 fully saturated rings. The third-order valence-electron chi connectivity index (χ3n) is 4.05. The summed E-state index contributed by atoms with van der Waals surface area (Å²) in [5.74, 6) is 1.16. The zero-order valence-corrected chi connectivity index (χ0v) is 12.3. The Hall–Kier alpha value is -1.56. The summed E-state index contributed by atoms with van der Waals surface area (Å²) >= 11 is 0. The average Bonchev–Trinajstić information content (AvgIpc) is 2.41. The lowest BCUT2D eigenvalue weighted by Gasteiger charge is -2.31. The average molecular weight is 274 g/mol. The zero-order chi connectivity index (χ0) is 14.5. The van der Waals surface area contributed by atoms with E-state index in [-0.39, 0.29) is 5.82 Å². The first-order valence-corrected chi connectivity index (χ1v) is 7.54. The molecule has 2 rings (SSSR count). The summed E-state index contributed by atoms with van der Waals surface area (Å²) < 4.78 is 13.9. The van der Waals surface area contributed by atoms with Crippen LogP contribution in [0.15, 0.2) is 18.2 Å². The molecule has 2 nitrogen and oxygen atoms in total. The highest BCUT2D eigenvalue weighted by Gasteiger charge is 2.23. The van der Waals surface area contributed by atoms with Gasteiger partial charge in [0.15, 0.2) is 0 Å². The molecule has 20 heavy (non-hydrogen) atoms. The Kier molecular flexibility index (Phi) is 5.00. The number of rotatable bonds is 4. The summed E-state index contributed by atoms with van der Waals surface area (Å²) in [4.78, 5) is 0. The molecule has 1 saturated carbocycles. The molecular formula is C17H23FN2. The van der Waals surface area contributed by atoms with Crippen molar-refractivity contribution >= 4 is 5.69 Å². The number of nitriles is 1. The summed E-state index contributed by atoms with van der Waals surface area (Å²) in [6.07, 6.45) is 6.00. The fourth-order valence-corrected chi connectivity index (χ4v) is 3.22. The van der Waals surface area contributed by atoms with E-state index in [0.717, 1.165) is 24.7 Å². The predicted molar refractivity (Wildman–Crippen MR) is 79.9 cm³/mol. The van der Waals surface area contributed by atoms with Crippen molar-refractivity contribution < 1.29 is 4.39 Å². The minimum atomic E-state index is -0.324. The molecule has 2 atom stereocenters. The number of hydrogen-bond donors (Lipinski definition) is 1. The van der Waals surface area contributed by atoms with Gasteiger partial charge >= 0.3 is 0 Å². The Balaban J connectivity index is 1.97. The second kappa shape index (κ2) is 6.74. The number of halogens is 1. The first-order valence-electron chi connectivity index (χ1n) is 7.54. The maximum absolute atomic E-state index is 13.9. The van der Waals surface area contributed by atoms with Crippen LogP contribution in [0, 0.1) is 29.0 Å². The van der Waals surface area contributed by atoms with Crippen molar-refractivity contribution in [3.05, 3.63) is 29.6 Å². The van der Waals surface area contributed by atoms with Crippen molar-refractivity contribution in [1.29, 1.82) is 5.26 Å². The smallest absolute Gasteiger partial charge is 0.147 e. The van der Waals surface area contributed by atoms with Crippen LogP contribution in [0.5, 0.6) is 0 Å². The third-order valence-corrected chi connectivity index (χ3v) is 4.05. The lowest BCUT2D eigenvalue weighted by molar-refractivity contribution is 0.288. The molecule has 1 aliphatic rings. The van der Waals surface area contributed by atoms with E-state index < -0.39 is 0 Å². The number of benzene rings is 1. The van der Waals surface area contributed by atoms with E-state index in [1.807, 2.05) is 6.07 Å². The standard InChI is InChI=1S/C17H23FN2/c1-12(2)8-13-4-3-5-15(9-13)20-17-7-6-14(11-19)10-16(17)18/h6-7,10,12-13,15,20H,3-5,8-9H2,1-2H3. The summed E-state index contributed by atoms with van der Waals surface area (Å²) in [6, 6.07) is 6.97. The van der Waals surface area contributed by atoms with E-state index in [1.165, 1.54) is 25.3 Å². The van der Waals surface area contributed by atoms with Crippen LogP contribution in [-0.2, 0) is 0 Å². The highest BCUT2D eigenvalue weighted by molar-refractivity contribution is 5.49. The van der Waals surface area contributed by atoms with Gasteiger partial charge in [0.25, 0.3) is 0 Å². The van der Waals surface area contributed by atoms with Crippen LogP contribution < -0.4 is 5.32 Å². The van der Waals surface area contributed by atoms with Gasteiger partial charge in [0.1, 0.15) is 5.82 Å². The van der Waals surface area contributed by atoms with Crippen molar-refractivity contribution in [1.82, 2.24) is 0 Å². The van der Waals surface area contributed by atoms with E-state index in [1.54, 1.807) is 12.1 Å². The second-order valence-corrected chi connectivity index (χ2v) is 6.31. The van der Waals surface area contributed by atoms with Gasteiger partial charge in [-0.3, -0.25) is 0 Å². The zero-order valence-electron chi connectivity index (χ0n) is 12.3. The normalized spacial score (nSPS) is 22.6. The van der Waals surface area contributed by atoms with Gasteiger partial charge in [-0.1, -0.05) is 26.7 Å². The molecule has 0 saturated heterocycles. The van der Waals surface area contributed by atoms with E-state index in [9.17, 15) is 4.39 Å². The molecule has 2 unspecified atom stereocenters. The van der Waals surface area contributed by atoms with Gasteiger partial charge in [0, 0.05) is 6.04 Å². The third kappa shape index (κ3) is 3.96. The van der Waals surface area contributed by atoms with Crippen LogP contribution in [0.3, 0.4) is 0 Å². The maximum Gasteiger partial charge on any atom is 0.147 e. The lowest BCUT2D eigenvalue weighted by atomic mass is 9.81. The number of hydrogen-bond acceptors (Lipinski definition) is 2. The van der Waals surface area contributed by atoms with E-state index in [0.29, 0.717) is 17.3 Å². The largest absolute Gasteiger partial charge is 0.380 e. The lowest BCUT2D eigenvalue weighted by Crippen LogP contribution is -2.28. The molecule has 0 aromatic heterocycles. The molecule has 0 bridgehead atoms. The Morgan fingerprint density at radius 2 is 2.20 bits per heavy atom. The van der Waals surface area contributed by atoms with Crippen molar-refractivity contribution in [2.75, 3.05) is 5.32 Å². The minimum Gasteiger partial charge on any atom is -0.380 e. The molecule has 1 aromatic rings. The van der Waals surface area contributed by atoms with Gasteiger partial charge in [0.05, 0.1) is 17.3 Å². The first-order chi connectivity index (χ1) is 9.58. The Morgan fingerprint density at radius 3 is 2.85 bits per heavy atom. The van der Waals surface area contributed by atoms with Crippen molar-refractivity contribution in [3.63, 3.8) is 0 Å². The predicted octanol–water partition coefficient (Wildman–Crippen LogP) is 4.71. The molecule has 0 aliphatic heterocycles. The van der Waals surface area contributed by atoms with E-state index in [4.69, 9.17) is 5.26 Å². The van der Waals surface area contributed by atoms with E-state index in [2.05, 4.69) is 19.2 Å². The maximum atomic E-state index is 13.9. The minimum absolute atomic E-state index is 0.324. The van der Waals surface area contributed by atoms with Crippen LogP contribution in [-0.4, -0.2) is 6.04 Å². The van der Waals surface area contributed by atoms with Crippen molar-refractivity contribution in [2.24, 2.45) is 11.8 Å². The van der Waals surface area contributed by atoms with Crippen LogP contribution in [0.25, 0.3) is 0 Å². The molecule has 0 spiro atoms. The van der Waals surface area contributed by atoms with Gasteiger partial charge in [-0.25, -0.2) is 4.39 Å². The molecule has 0 amide bonds. The SMILES string of the molecule is CC(C)CC1CCCC(Nc2ccc(C#N)cc2F)C1. The van der Waals surface area contributed by atoms with Crippen LogP contribution in [0.2, 0.25) is 0 Å². The van der Waals surface area contributed by atoms with Crippen LogP contribution in [0.4, 0.5) is 10.1 Å². The summed E-state index contributed by atoms with van der Waals surface area (Å²) in [7, 11) is 0. The number of anilines is 1. The van der Waals surface area contributed by atoms with Crippen molar-refractivity contribution in [3.8, 4) is 6.07 Å². The van der Waals surface area contributed by atoms with Gasteiger partial charge in [-0.15, -0.1) is 0 Å². The summed E-state index contributed by atoms with van der Waals surface area (Å²) in [6.45, 7) is 4.52. The fraction of sp³-hybridized carbons (Fsp3) is 0.588. The van der Waals surface area contributed by atoms with Crippen molar-refractivity contribution in [2.45, 2.75) is 52.0 Å². The van der Waals surface area contributed by atoms with Gasteiger partial charge in [0.2, 0.25) is 0 Å². The Labute approximate surface area is 121 Å².